The summed E-state index contributed by atoms with van der Waals surface area (Å²) in [5, 5.41) is 0. The van der Waals surface area contributed by atoms with Crippen LogP contribution < -0.4 is 5.43 Å². The van der Waals surface area contributed by atoms with E-state index < -0.39 is 0 Å². The molecule has 0 fully saturated rings. The maximum absolute atomic E-state index is 11.9. The molecular weight excluding hydrogens is 226 g/mol. The van der Waals surface area contributed by atoms with Crippen molar-refractivity contribution >= 4 is 11.2 Å². The minimum absolute atomic E-state index is 0.0107. The van der Waals surface area contributed by atoms with Gasteiger partial charge in [-0.25, -0.2) is 4.98 Å². The van der Waals surface area contributed by atoms with Crippen LogP contribution in [-0.4, -0.2) is 14.1 Å². The number of fused-ring (bicyclic) bond motifs is 1. The molecule has 3 aromatic rings. The molecule has 0 saturated heterocycles. The van der Waals surface area contributed by atoms with Crippen molar-refractivity contribution in [3.63, 3.8) is 0 Å². The first-order chi connectivity index (χ1) is 8.75. The molecule has 0 N–H and O–H groups in total. The maximum Gasteiger partial charge on any atom is 0.207 e. The van der Waals surface area contributed by atoms with E-state index in [2.05, 4.69) is 4.98 Å². The maximum atomic E-state index is 11.9. The van der Waals surface area contributed by atoms with Crippen molar-refractivity contribution in [3.8, 4) is 0 Å². The Morgan fingerprint density at radius 3 is 2.72 bits per heavy atom. The Labute approximate surface area is 104 Å². The molecule has 0 spiro atoms. The summed E-state index contributed by atoms with van der Waals surface area (Å²) in [7, 11) is 1.89. The van der Waals surface area contributed by atoms with Crippen molar-refractivity contribution in [2.45, 2.75) is 6.54 Å². The van der Waals surface area contributed by atoms with Crippen LogP contribution in [0, 0.1) is 0 Å². The third-order valence-electron chi connectivity index (χ3n) is 3.03. The van der Waals surface area contributed by atoms with Gasteiger partial charge in [0.05, 0.1) is 6.33 Å². The lowest BCUT2D eigenvalue weighted by Crippen LogP contribution is -2.10. The number of benzene rings is 1. The number of hydrogen-bond acceptors (Lipinski definition) is 2. The van der Waals surface area contributed by atoms with Gasteiger partial charge >= 0.3 is 0 Å². The summed E-state index contributed by atoms with van der Waals surface area (Å²) >= 11 is 0. The van der Waals surface area contributed by atoms with Crippen LogP contribution in [0.2, 0.25) is 0 Å². The molecule has 0 unspecified atom stereocenters. The van der Waals surface area contributed by atoms with E-state index in [-0.39, 0.29) is 5.43 Å². The Morgan fingerprint density at radius 2 is 1.94 bits per heavy atom. The molecule has 2 aromatic heterocycles. The topological polar surface area (TPSA) is 39.8 Å². The van der Waals surface area contributed by atoms with Crippen LogP contribution in [0.15, 0.2) is 53.7 Å². The normalized spacial score (nSPS) is 10.9. The van der Waals surface area contributed by atoms with Crippen LogP contribution in [0.25, 0.3) is 11.2 Å². The minimum atomic E-state index is 0.0107. The molecule has 0 radical (unpaired) electrons. The highest BCUT2D eigenvalue weighted by Crippen LogP contribution is 2.10. The molecule has 0 saturated carbocycles. The van der Waals surface area contributed by atoms with Crippen LogP contribution in [-0.2, 0) is 13.6 Å². The number of nitrogens with zero attached hydrogens (tertiary/aromatic N) is 3. The van der Waals surface area contributed by atoms with E-state index in [0.29, 0.717) is 12.1 Å². The zero-order chi connectivity index (χ0) is 12.5. The van der Waals surface area contributed by atoms with Gasteiger partial charge in [0.1, 0.15) is 5.52 Å². The van der Waals surface area contributed by atoms with Crippen LogP contribution in [0.1, 0.15) is 5.56 Å². The lowest BCUT2D eigenvalue weighted by Gasteiger charge is -2.04. The summed E-state index contributed by atoms with van der Waals surface area (Å²) in [5.74, 6) is 0. The number of aromatic nitrogens is 3. The Bertz CT molecular complexity index is 741. The van der Waals surface area contributed by atoms with Gasteiger partial charge in [-0.15, -0.1) is 0 Å². The Morgan fingerprint density at radius 1 is 1.17 bits per heavy atom. The van der Waals surface area contributed by atoms with Crippen molar-refractivity contribution in [2.24, 2.45) is 7.05 Å². The van der Waals surface area contributed by atoms with Gasteiger partial charge in [0.15, 0.2) is 5.65 Å². The fourth-order valence-electron chi connectivity index (χ4n) is 2.11. The molecule has 0 amide bonds. The average molecular weight is 239 g/mol. The summed E-state index contributed by atoms with van der Waals surface area (Å²) in [6.45, 7) is 0.663. The standard InChI is InChI=1S/C14H13N3O/c1-16-8-7-12(18)13-14(16)15-10-17(13)9-11-5-3-2-4-6-11/h2-8,10H,9H2,1H3. The van der Waals surface area contributed by atoms with Crippen molar-refractivity contribution in [1.82, 2.24) is 14.1 Å². The quantitative estimate of drug-likeness (QED) is 0.684. The zero-order valence-electron chi connectivity index (χ0n) is 10.1. The molecule has 90 valence electrons. The smallest absolute Gasteiger partial charge is 0.207 e. The largest absolute Gasteiger partial charge is 0.334 e. The van der Waals surface area contributed by atoms with Crippen molar-refractivity contribution < 1.29 is 0 Å². The van der Waals surface area contributed by atoms with Crippen molar-refractivity contribution in [1.29, 1.82) is 0 Å². The van der Waals surface area contributed by atoms with E-state index in [9.17, 15) is 4.79 Å². The van der Waals surface area contributed by atoms with E-state index in [1.165, 1.54) is 0 Å². The van der Waals surface area contributed by atoms with Crippen LogP contribution >= 0.6 is 0 Å². The molecule has 2 heterocycles. The predicted octanol–water partition coefficient (Wildman–Crippen LogP) is 1.78. The first kappa shape index (κ1) is 10.8. The van der Waals surface area contributed by atoms with Gasteiger partial charge < -0.3 is 9.13 Å². The van der Waals surface area contributed by atoms with Gasteiger partial charge in [-0.3, -0.25) is 4.79 Å². The zero-order valence-corrected chi connectivity index (χ0v) is 10.1. The van der Waals surface area contributed by atoms with Gasteiger partial charge in [0.2, 0.25) is 5.43 Å². The van der Waals surface area contributed by atoms with Gasteiger partial charge in [0.25, 0.3) is 0 Å². The predicted molar refractivity (Wildman–Crippen MR) is 70.5 cm³/mol. The van der Waals surface area contributed by atoms with E-state index in [1.807, 2.05) is 46.5 Å². The van der Waals surface area contributed by atoms with Crippen LogP contribution in [0.4, 0.5) is 0 Å². The molecule has 0 aliphatic heterocycles. The molecular formula is C14H13N3O. The first-order valence-corrected chi connectivity index (χ1v) is 5.80. The molecule has 18 heavy (non-hydrogen) atoms. The van der Waals surface area contributed by atoms with E-state index in [0.717, 1.165) is 11.2 Å². The number of aryl methyl sites for hydroxylation is 1. The Kier molecular flexibility index (Phi) is 2.48. The highest BCUT2D eigenvalue weighted by molar-refractivity contribution is 5.71. The second-order valence-corrected chi connectivity index (χ2v) is 4.32. The third-order valence-corrected chi connectivity index (χ3v) is 3.03. The van der Waals surface area contributed by atoms with E-state index >= 15 is 0 Å². The number of rotatable bonds is 2. The molecule has 0 aliphatic carbocycles. The van der Waals surface area contributed by atoms with E-state index in [4.69, 9.17) is 0 Å². The van der Waals surface area contributed by atoms with Gasteiger partial charge in [-0.2, -0.15) is 0 Å². The van der Waals surface area contributed by atoms with Crippen molar-refractivity contribution in [3.05, 3.63) is 64.7 Å². The monoisotopic (exact) mass is 239 g/mol. The minimum Gasteiger partial charge on any atom is -0.334 e. The van der Waals surface area contributed by atoms with Crippen LogP contribution in [0.5, 0.6) is 0 Å². The second-order valence-electron chi connectivity index (χ2n) is 4.32. The third kappa shape index (κ3) is 1.72. The molecule has 0 atom stereocenters. The average Bonchev–Trinajstić information content (AvgIpc) is 2.80. The van der Waals surface area contributed by atoms with Gasteiger partial charge in [0, 0.05) is 25.9 Å². The van der Waals surface area contributed by atoms with Crippen LogP contribution in [0.3, 0.4) is 0 Å². The Balaban J connectivity index is 2.14. The lowest BCUT2D eigenvalue weighted by atomic mass is 10.2. The highest BCUT2D eigenvalue weighted by atomic mass is 16.1. The highest BCUT2D eigenvalue weighted by Gasteiger charge is 2.08. The van der Waals surface area contributed by atoms with Gasteiger partial charge in [-0.1, -0.05) is 30.3 Å². The number of imidazole rings is 1. The number of hydrogen-bond donors (Lipinski definition) is 0. The van der Waals surface area contributed by atoms with Gasteiger partial charge in [-0.05, 0) is 5.56 Å². The molecule has 1 aromatic carbocycles. The molecule has 0 aliphatic rings. The summed E-state index contributed by atoms with van der Waals surface area (Å²) in [5.41, 5.74) is 2.54. The fourth-order valence-corrected chi connectivity index (χ4v) is 2.11. The Hall–Kier alpha value is -2.36. The SMILES string of the molecule is Cn1ccc(=O)c2c1ncn2Cc1ccccc1. The lowest BCUT2D eigenvalue weighted by molar-refractivity contribution is 0.822. The van der Waals surface area contributed by atoms with Crippen molar-refractivity contribution in [2.75, 3.05) is 0 Å². The second kappa shape index (κ2) is 4.14. The summed E-state index contributed by atoms with van der Waals surface area (Å²) in [4.78, 5) is 16.2. The summed E-state index contributed by atoms with van der Waals surface area (Å²) < 4.78 is 3.76. The van der Waals surface area contributed by atoms with E-state index in [1.54, 1.807) is 18.6 Å². The molecule has 4 nitrogen and oxygen atoms in total. The molecule has 0 bridgehead atoms. The number of pyridine rings is 1. The first-order valence-electron chi connectivity index (χ1n) is 5.80. The fraction of sp³-hybridized carbons (Fsp3) is 0.143. The molecule has 4 heteroatoms. The summed E-state index contributed by atoms with van der Waals surface area (Å²) in [6, 6.07) is 11.6. The summed E-state index contributed by atoms with van der Waals surface area (Å²) in [6.07, 6.45) is 3.46. The molecule has 3 rings (SSSR count).